The Bertz CT molecular complexity index is 896. The molecule has 1 aromatic heterocycles. The normalized spacial score (nSPS) is 13.8. The van der Waals surface area contributed by atoms with Gasteiger partial charge < -0.3 is 14.8 Å². The van der Waals surface area contributed by atoms with Crippen molar-refractivity contribution in [1.82, 2.24) is 0 Å². The Hall–Kier alpha value is -2.60. The largest absolute Gasteiger partial charge is 0.497 e. The second-order valence-corrected chi connectivity index (χ2v) is 8.42. The van der Waals surface area contributed by atoms with Crippen LogP contribution in [-0.4, -0.2) is 25.1 Å². The first kappa shape index (κ1) is 21.1. The first-order valence-corrected chi connectivity index (χ1v) is 10.8. The SMILES string of the molecule is COc1ccc(/C=C/C(=O)Nc2sc3c(c2C(=O)OC(C)C)CCCCC3)cc1. The van der Waals surface area contributed by atoms with Gasteiger partial charge in [-0.05, 0) is 68.9 Å². The molecule has 1 heterocycles. The fourth-order valence-corrected chi connectivity index (χ4v) is 4.64. The molecule has 1 amide bonds. The van der Waals surface area contributed by atoms with Gasteiger partial charge in [0.15, 0.2) is 0 Å². The van der Waals surface area contributed by atoms with Gasteiger partial charge in [0.25, 0.3) is 0 Å². The van der Waals surface area contributed by atoms with Crippen LogP contribution < -0.4 is 10.1 Å². The minimum absolute atomic E-state index is 0.206. The van der Waals surface area contributed by atoms with Crippen molar-refractivity contribution in [2.24, 2.45) is 0 Å². The second kappa shape index (κ2) is 9.74. The van der Waals surface area contributed by atoms with E-state index in [1.807, 2.05) is 38.1 Å². The van der Waals surface area contributed by atoms with Crippen LogP contribution in [-0.2, 0) is 22.4 Å². The molecule has 0 aliphatic heterocycles. The lowest BCUT2D eigenvalue weighted by molar-refractivity contribution is -0.111. The highest BCUT2D eigenvalue weighted by Crippen LogP contribution is 2.38. The fourth-order valence-electron chi connectivity index (χ4n) is 3.36. The van der Waals surface area contributed by atoms with Gasteiger partial charge in [0.1, 0.15) is 10.8 Å². The summed E-state index contributed by atoms with van der Waals surface area (Å²) in [5, 5.41) is 3.49. The van der Waals surface area contributed by atoms with Crippen molar-refractivity contribution in [3.05, 3.63) is 51.9 Å². The van der Waals surface area contributed by atoms with Gasteiger partial charge in [-0.2, -0.15) is 0 Å². The Labute approximate surface area is 175 Å². The van der Waals surface area contributed by atoms with E-state index in [9.17, 15) is 9.59 Å². The molecule has 1 aliphatic rings. The third-order valence-electron chi connectivity index (χ3n) is 4.75. The van der Waals surface area contributed by atoms with Crippen molar-refractivity contribution in [2.75, 3.05) is 12.4 Å². The van der Waals surface area contributed by atoms with Crippen molar-refractivity contribution >= 4 is 34.3 Å². The molecule has 2 aromatic rings. The summed E-state index contributed by atoms with van der Waals surface area (Å²) in [6.45, 7) is 3.66. The highest BCUT2D eigenvalue weighted by molar-refractivity contribution is 7.17. The standard InChI is InChI=1S/C23H27NO4S/c1-15(2)28-23(26)21-18-7-5-4-6-8-19(18)29-22(21)24-20(25)14-11-16-9-12-17(27-3)13-10-16/h9-15H,4-8H2,1-3H3,(H,24,25)/b14-11+. The molecule has 1 aromatic carbocycles. The third-order valence-corrected chi connectivity index (χ3v) is 5.96. The van der Waals surface area contributed by atoms with E-state index < -0.39 is 0 Å². The topological polar surface area (TPSA) is 64.6 Å². The quantitative estimate of drug-likeness (QED) is 0.399. The number of ether oxygens (including phenoxy) is 2. The molecule has 0 atom stereocenters. The molecule has 1 aliphatic carbocycles. The van der Waals surface area contributed by atoms with Crippen LogP contribution in [0.2, 0.25) is 0 Å². The molecule has 0 fully saturated rings. The lowest BCUT2D eigenvalue weighted by atomic mass is 10.1. The fraction of sp³-hybridized carbons (Fsp3) is 0.391. The van der Waals surface area contributed by atoms with E-state index in [0.717, 1.165) is 49.0 Å². The molecule has 3 rings (SSSR count). The Morgan fingerprint density at radius 1 is 1.10 bits per heavy atom. The number of carbonyl (C=O) groups is 2. The Morgan fingerprint density at radius 3 is 2.52 bits per heavy atom. The van der Waals surface area contributed by atoms with Gasteiger partial charge in [0.2, 0.25) is 5.91 Å². The lowest BCUT2D eigenvalue weighted by Crippen LogP contribution is -2.16. The highest BCUT2D eigenvalue weighted by Gasteiger charge is 2.26. The van der Waals surface area contributed by atoms with Gasteiger partial charge in [-0.15, -0.1) is 11.3 Å². The van der Waals surface area contributed by atoms with Crippen LogP contribution >= 0.6 is 11.3 Å². The molecule has 1 N–H and O–H groups in total. The zero-order valence-electron chi connectivity index (χ0n) is 17.1. The Balaban J connectivity index is 1.80. The van der Waals surface area contributed by atoms with E-state index in [2.05, 4.69) is 5.32 Å². The monoisotopic (exact) mass is 413 g/mol. The van der Waals surface area contributed by atoms with Crippen LogP contribution in [0.15, 0.2) is 30.3 Å². The van der Waals surface area contributed by atoms with Gasteiger partial charge in [-0.1, -0.05) is 18.6 Å². The summed E-state index contributed by atoms with van der Waals surface area (Å²) in [6, 6.07) is 7.44. The molecule has 154 valence electrons. The van der Waals surface area contributed by atoms with Crippen molar-refractivity contribution in [2.45, 2.75) is 52.1 Å². The molecular weight excluding hydrogens is 386 g/mol. The molecular formula is C23H27NO4S. The van der Waals surface area contributed by atoms with Crippen LogP contribution in [0.4, 0.5) is 5.00 Å². The maximum Gasteiger partial charge on any atom is 0.341 e. The molecule has 0 saturated carbocycles. The molecule has 5 nitrogen and oxygen atoms in total. The lowest BCUT2D eigenvalue weighted by Gasteiger charge is -2.11. The zero-order chi connectivity index (χ0) is 20.8. The van der Waals surface area contributed by atoms with Crippen molar-refractivity contribution in [3.8, 4) is 5.75 Å². The third kappa shape index (κ3) is 5.48. The molecule has 29 heavy (non-hydrogen) atoms. The molecule has 0 spiro atoms. The van der Waals surface area contributed by atoms with E-state index in [0.29, 0.717) is 10.6 Å². The predicted octanol–water partition coefficient (Wildman–Crippen LogP) is 5.24. The molecule has 0 saturated heterocycles. The average Bonchev–Trinajstić information content (AvgIpc) is 2.86. The van der Waals surface area contributed by atoms with Gasteiger partial charge in [0.05, 0.1) is 18.8 Å². The first-order chi connectivity index (χ1) is 14.0. The van der Waals surface area contributed by atoms with Crippen molar-refractivity contribution < 1.29 is 19.1 Å². The molecule has 0 radical (unpaired) electrons. The number of rotatable bonds is 6. The second-order valence-electron chi connectivity index (χ2n) is 7.32. The van der Waals surface area contributed by atoms with Crippen molar-refractivity contribution in [1.29, 1.82) is 0 Å². The first-order valence-electron chi connectivity index (χ1n) is 9.96. The summed E-state index contributed by atoms with van der Waals surface area (Å²) in [6.07, 6.45) is 8.12. The van der Waals surface area contributed by atoms with E-state index in [1.54, 1.807) is 13.2 Å². The van der Waals surface area contributed by atoms with E-state index in [-0.39, 0.29) is 18.0 Å². The summed E-state index contributed by atoms with van der Waals surface area (Å²) in [4.78, 5) is 26.5. The van der Waals surface area contributed by atoms with Crippen LogP contribution in [0.1, 0.15) is 59.5 Å². The summed E-state index contributed by atoms with van der Waals surface area (Å²) in [5.41, 5.74) is 2.47. The zero-order valence-corrected chi connectivity index (χ0v) is 17.9. The number of anilines is 1. The van der Waals surface area contributed by atoms with E-state index in [1.165, 1.54) is 22.3 Å². The van der Waals surface area contributed by atoms with Gasteiger partial charge in [-0.3, -0.25) is 4.79 Å². The van der Waals surface area contributed by atoms with Crippen LogP contribution in [0.3, 0.4) is 0 Å². The van der Waals surface area contributed by atoms with E-state index in [4.69, 9.17) is 9.47 Å². The number of methoxy groups -OCH3 is 1. The number of benzene rings is 1. The number of hydrogen-bond donors (Lipinski definition) is 1. The smallest absolute Gasteiger partial charge is 0.341 e. The number of amides is 1. The number of esters is 1. The minimum atomic E-state index is -0.353. The van der Waals surface area contributed by atoms with Gasteiger partial charge in [-0.25, -0.2) is 4.79 Å². The maximum absolute atomic E-state index is 12.7. The minimum Gasteiger partial charge on any atom is -0.497 e. The highest BCUT2D eigenvalue weighted by atomic mass is 32.1. The number of thiophene rings is 1. The summed E-state index contributed by atoms with van der Waals surface area (Å²) in [5.74, 6) is 0.143. The average molecular weight is 414 g/mol. The van der Waals surface area contributed by atoms with E-state index >= 15 is 0 Å². The number of hydrogen-bond acceptors (Lipinski definition) is 5. The summed E-state index contributed by atoms with van der Waals surface area (Å²) < 4.78 is 10.6. The number of carbonyl (C=O) groups excluding carboxylic acids is 2. The molecule has 0 bridgehead atoms. The summed E-state index contributed by atoms with van der Waals surface area (Å²) >= 11 is 1.50. The van der Waals surface area contributed by atoms with Crippen LogP contribution in [0.5, 0.6) is 5.75 Å². The number of aryl methyl sites for hydroxylation is 1. The van der Waals surface area contributed by atoms with Crippen LogP contribution in [0, 0.1) is 0 Å². The van der Waals surface area contributed by atoms with Gasteiger partial charge in [0, 0.05) is 11.0 Å². The molecule has 0 unspecified atom stereocenters. The Morgan fingerprint density at radius 2 is 1.83 bits per heavy atom. The maximum atomic E-state index is 12.7. The summed E-state index contributed by atoms with van der Waals surface area (Å²) in [7, 11) is 1.61. The number of fused-ring (bicyclic) bond motifs is 1. The predicted molar refractivity (Wildman–Crippen MR) is 117 cm³/mol. The van der Waals surface area contributed by atoms with Crippen molar-refractivity contribution in [3.63, 3.8) is 0 Å². The number of nitrogens with one attached hydrogen (secondary N) is 1. The van der Waals surface area contributed by atoms with Crippen LogP contribution in [0.25, 0.3) is 6.08 Å². The molecule has 6 heteroatoms. The Kier molecular flexibility index (Phi) is 7.09. The van der Waals surface area contributed by atoms with Gasteiger partial charge >= 0.3 is 5.97 Å².